The number of anilines is 1. The molecule has 5 rings (SSSR count). The number of amides is 1. The maximum Gasteiger partial charge on any atom is 0.243 e. The van der Waals surface area contributed by atoms with Crippen molar-refractivity contribution in [2.75, 3.05) is 18.4 Å². The van der Waals surface area contributed by atoms with Gasteiger partial charge < -0.3 is 5.32 Å². The third-order valence-corrected chi connectivity index (χ3v) is 9.50. The summed E-state index contributed by atoms with van der Waals surface area (Å²) in [6, 6.07) is 12.2. The average Bonchev–Trinajstić information content (AvgIpc) is 3.42. The molecule has 0 bridgehead atoms. The Kier molecular flexibility index (Phi) is 6.63. The molecule has 188 valence electrons. The van der Waals surface area contributed by atoms with Crippen LogP contribution in [0.25, 0.3) is 15.3 Å². The van der Waals surface area contributed by atoms with E-state index in [0.717, 1.165) is 21.5 Å². The summed E-state index contributed by atoms with van der Waals surface area (Å²) >= 11 is 7.42. The maximum atomic E-state index is 13.1. The normalized spacial score (nSPS) is 15.4. The Hall–Kier alpha value is -2.79. The van der Waals surface area contributed by atoms with Gasteiger partial charge in [0.15, 0.2) is 0 Å². The second-order valence-corrected chi connectivity index (χ2v) is 12.5. The highest BCUT2D eigenvalue weighted by Crippen LogP contribution is 2.31. The molecule has 8 nitrogen and oxygen atoms in total. The van der Waals surface area contributed by atoms with Crippen LogP contribution < -0.4 is 5.32 Å². The first-order valence-electron chi connectivity index (χ1n) is 11.6. The van der Waals surface area contributed by atoms with Crippen LogP contribution >= 0.6 is 22.9 Å². The van der Waals surface area contributed by atoms with Crippen LogP contribution in [0.4, 0.5) is 5.82 Å². The Morgan fingerprint density at radius 3 is 2.47 bits per heavy atom. The highest BCUT2D eigenvalue weighted by Gasteiger charge is 2.32. The number of carbonyl (C=O) groups is 1. The lowest BCUT2D eigenvalue weighted by Gasteiger charge is -2.30. The summed E-state index contributed by atoms with van der Waals surface area (Å²) in [5, 5.41) is 8.74. The Morgan fingerprint density at radius 2 is 1.78 bits per heavy atom. The zero-order valence-corrected chi connectivity index (χ0v) is 22.5. The Balaban J connectivity index is 1.30. The van der Waals surface area contributed by atoms with Crippen LogP contribution in [0.2, 0.25) is 5.02 Å². The predicted molar refractivity (Wildman–Crippen MR) is 143 cm³/mol. The molecular formula is C25H26ClN5O3S2. The van der Waals surface area contributed by atoms with Gasteiger partial charge in [-0.25, -0.2) is 13.4 Å². The van der Waals surface area contributed by atoms with E-state index in [1.54, 1.807) is 16.8 Å². The Morgan fingerprint density at radius 1 is 1.08 bits per heavy atom. The zero-order chi connectivity index (χ0) is 25.6. The number of thiazole rings is 1. The lowest BCUT2D eigenvalue weighted by Crippen LogP contribution is -2.41. The standard InChI is InChI=1S/C25H26ClN5O3S2/c1-15-12-16(2)23-21(13-15)35-25(28-23)31-22(14-17(3)29-31)27-24(32)18-8-10-30(11-9-18)36(33,34)20-6-4-19(26)5-7-20/h4-7,12-14,18H,8-11H2,1-3H3,(H,27,32). The lowest BCUT2D eigenvalue weighted by molar-refractivity contribution is -0.120. The van der Waals surface area contributed by atoms with Crippen LogP contribution in [0.1, 0.15) is 29.7 Å². The third kappa shape index (κ3) is 4.78. The molecule has 1 amide bonds. The molecule has 0 aliphatic carbocycles. The number of halogens is 1. The highest BCUT2D eigenvalue weighted by atomic mass is 35.5. The first-order valence-corrected chi connectivity index (χ1v) is 14.3. The molecule has 36 heavy (non-hydrogen) atoms. The molecule has 3 heterocycles. The molecule has 4 aromatic rings. The smallest absolute Gasteiger partial charge is 0.243 e. The van der Waals surface area contributed by atoms with E-state index in [2.05, 4.69) is 29.5 Å². The molecule has 1 N–H and O–H groups in total. The number of hydrogen-bond acceptors (Lipinski definition) is 6. The molecule has 2 aromatic carbocycles. The van der Waals surface area contributed by atoms with E-state index in [1.807, 2.05) is 19.9 Å². The predicted octanol–water partition coefficient (Wildman–Crippen LogP) is 5.10. The fraction of sp³-hybridized carbons (Fsp3) is 0.320. The quantitative estimate of drug-likeness (QED) is 0.378. The van der Waals surface area contributed by atoms with Gasteiger partial charge in [0.1, 0.15) is 5.82 Å². The number of sulfonamides is 1. The number of hydrogen-bond donors (Lipinski definition) is 1. The summed E-state index contributed by atoms with van der Waals surface area (Å²) in [5.41, 5.74) is 3.97. The van der Waals surface area contributed by atoms with Crippen molar-refractivity contribution in [3.05, 3.63) is 64.3 Å². The van der Waals surface area contributed by atoms with E-state index < -0.39 is 10.0 Å². The minimum absolute atomic E-state index is 0.146. The van der Waals surface area contributed by atoms with Gasteiger partial charge in [0, 0.05) is 30.1 Å². The van der Waals surface area contributed by atoms with Crippen LogP contribution in [0.5, 0.6) is 0 Å². The second kappa shape index (κ2) is 9.59. The van der Waals surface area contributed by atoms with Crippen LogP contribution in [0.3, 0.4) is 0 Å². The molecule has 0 radical (unpaired) electrons. The summed E-state index contributed by atoms with van der Waals surface area (Å²) in [7, 11) is -3.62. The van der Waals surface area contributed by atoms with Gasteiger partial charge in [-0.15, -0.1) is 0 Å². The molecule has 1 aliphatic rings. The van der Waals surface area contributed by atoms with Crippen LogP contribution in [0, 0.1) is 26.7 Å². The largest absolute Gasteiger partial charge is 0.310 e. The van der Waals surface area contributed by atoms with Crippen molar-refractivity contribution < 1.29 is 13.2 Å². The van der Waals surface area contributed by atoms with Gasteiger partial charge in [-0.1, -0.05) is 29.0 Å². The van der Waals surface area contributed by atoms with Gasteiger partial charge >= 0.3 is 0 Å². The van der Waals surface area contributed by atoms with Gasteiger partial charge in [0.05, 0.1) is 20.8 Å². The summed E-state index contributed by atoms with van der Waals surface area (Å²) in [4.78, 5) is 18.1. The van der Waals surface area contributed by atoms with Crippen molar-refractivity contribution in [2.45, 2.75) is 38.5 Å². The number of nitrogens with one attached hydrogen (secondary N) is 1. The van der Waals surface area contributed by atoms with Crippen molar-refractivity contribution >= 4 is 54.9 Å². The monoisotopic (exact) mass is 543 g/mol. The first kappa shape index (κ1) is 24.9. The van der Waals surface area contributed by atoms with Gasteiger partial charge in [0.25, 0.3) is 0 Å². The molecule has 11 heteroatoms. The van der Waals surface area contributed by atoms with Crippen molar-refractivity contribution in [2.24, 2.45) is 5.92 Å². The van der Waals surface area contributed by atoms with Gasteiger partial charge in [-0.2, -0.15) is 14.1 Å². The molecule has 1 saturated heterocycles. The molecule has 1 fully saturated rings. The Bertz CT molecular complexity index is 1550. The molecule has 0 spiro atoms. The van der Waals surface area contributed by atoms with Gasteiger partial charge in [0.2, 0.25) is 21.1 Å². The van der Waals surface area contributed by atoms with E-state index in [0.29, 0.717) is 28.8 Å². The fourth-order valence-corrected chi connectivity index (χ4v) is 7.23. The van der Waals surface area contributed by atoms with E-state index in [9.17, 15) is 13.2 Å². The second-order valence-electron chi connectivity index (χ2n) is 9.13. The van der Waals surface area contributed by atoms with Crippen molar-refractivity contribution in [1.29, 1.82) is 0 Å². The first-order chi connectivity index (χ1) is 17.1. The number of piperidine rings is 1. The molecule has 2 aromatic heterocycles. The number of carbonyl (C=O) groups excluding carboxylic acids is 1. The minimum atomic E-state index is -3.62. The van der Waals surface area contributed by atoms with E-state index >= 15 is 0 Å². The molecule has 0 unspecified atom stereocenters. The molecule has 0 saturated carbocycles. The van der Waals surface area contributed by atoms with Crippen LogP contribution in [-0.2, 0) is 14.8 Å². The van der Waals surface area contributed by atoms with Crippen LogP contribution in [-0.4, -0.2) is 46.5 Å². The number of rotatable bonds is 5. The van der Waals surface area contributed by atoms with E-state index in [-0.39, 0.29) is 29.8 Å². The molecule has 0 atom stereocenters. The van der Waals surface area contributed by atoms with Crippen molar-refractivity contribution in [3.63, 3.8) is 0 Å². The molecular weight excluding hydrogens is 518 g/mol. The summed E-state index contributed by atoms with van der Waals surface area (Å²) < 4.78 is 30.1. The van der Waals surface area contributed by atoms with Gasteiger partial charge in [-0.05, 0) is 75.1 Å². The van der Waals surface area contributed by atoms with Crippen molar-refractivity contribution in [1.82, 2.24) is 19.1 Å². The highest BCUT2D eigenvalue weighted by molar-refractivity contribution is 7.89. The molecule has 1 aliphatic heterocycles. The van der Waals surface area contributed by atoms with E-state index in [1.165, 1.54) is 33.3 Å². The third-order valence-electron chi connectivity index (χ3n) is 6.36. The zero-order valence-electron chi connectivity index (χ0n) is 20.2. The number of nitrogens with zero attached hydrogens (tertiary/aromatic N) is 4. The lowest BCUT2D eigenvalue weighted by atomic mass is 9.97. The number of benzene rings is 2. The van der Waals surface area contributed by atoms with Crippen molar-refractivity contribution in [3.8, 4) is 5.13 Å². The topological polar surface area (TPSA) is 97.2 Å². The number of aryl methyl sites for hydroxylation is 3. The average molecular weight is 544 g/mol. The maximum absolute atomic E-state index is 13.1. The van der Waals surface area contributed by atoms with Gasteiger partial charge in [-0.3, -0.25) is 4.79 Å². The number of aromatic nitrogens is 3. The fourth-order valence-electron chi connectivity index (χ4n) is 4.53. The minimum Gasteiger partial charge on any atom is -0.310 e. The number of fused-ring (bicyclic) bond motifs is 1. The Labute approximate surface area is 219 Å². The van der Waals surface area contributed by atoms with E-state index in [4.69, 9.17) is 16.6 Å². The van der Waals surface area contributed by atoms with Crippen LogP contribution in [0.15, 0.2) is 47.4 Å². The summed E-state index contributed by atoms with van der Waals surface area (Å²) in [5.74, 6) is 0.112. The summed E-state index contributed by atoms with van der Waals surface area (Å²) in [6.07, 6.45) is 0.872. The SMILES string of the molecule is Cc1cc(C)c2nc(-n3nc(C)cc3NC(=O)C3CCN(S(=O)(=O)c4ccc(Cl)cc4)CC3)sc2c1. The summed E-state index contributed by atoms with van der Waals surface area (Å²) in [6.45, 7) is 6.52.